The second kappa shape index (κ2) is 18.9. The Morgan fingerprint density at radius 3 is 2.39 bits per heavy atom. The molecule has 0 amide bonds. The molecule has 0 aliphatic carbocycles. The predicted octanol–water partition coefficient (Wildman–Crippen LogP) is 6.64. The molecular weight excluding hydrogens is 388 g/mol. The van der Waals surface area contributed by atoms with Gasteiger partial charge >= 0.3 is 5.97 Å². The minimum absolute atomic E-state index is 0.184. The van der Waals surface area contributed by atoms with Crippen LogP contribution >= 0.6 is 0 Å². The third-order valence-electron chi connectivity index (χ3n) is 5.29. The van der Waals surface area contributed by atoms with E-state index in [4.69, 9.17) is 14.2 Å². The molecule has 0 N–H and O–H groups in total. The van der Waals surface area contributed by atoms with Crippen molar-refractivity contribution in [2.24, 2.45) is 0 Å². The SMILES string of the molecule is CCCCC[C@H](C#CCCCCCCCCOCOC)OC(=O)[C@H](C)c1ccccc1. The number of ether oxygens (including phenoxy) is 3. The largest absolute Gasteiger partial charge is 0.449 e. The second-order valence-corrected chi connectivity index (χ2v) is 8.06. The number of unbranched alkanes of at least 4 members (excludes halogenated alkanes) is 8. The van der Waals surface area contributed by atoms with Crippen molar-refractivity contribution in [2.75, 3.05) is 20.5 Å². The van der Waals surface area contributed by atoms with Gasteiger partial charge in [0.1, 0.15) is 6.79 Å². The summed E-state index contributed by atoms with van der Waals surface area (Å²) >= 11 is 0. The van der Waals surface area contributed by atoms with Crippen LogP contribution < -0.4 is 0 Å². The van der Waals surface area contributed by atoms with E-state index >= 15 is 0 Å². The maximum atomic E-state index is 12.6. The van der Waals surface area contributed by atoms with Crippen LogP contribution in [0.2, 0.25) is 0 Å². The summed E-state index contributed by atoms with van der Waals surface area (Å²) < 4.78 is 15.9. The highest BCUT2D eigenvalue weighted by Crippen LogP contribution is 2.18. The van der Waals surface area contributed by atoms with E-state index in [2.05, 4.69) is 18.8 Å². The third kappa shape index (κ3) is 14.0. The molecule has 0 aliphatic heterocycles. The lowest BCUT2D eigenvalue weighted by atomic mass is 10.0. The minimum atomic E-state index is -0.294. The number of carbonyl (C=O) groups is 1. The van der Waals surface area contributed by atoms with Crippen molar-refractivity contribution in [3.63, 3.8) is 0 Å². The van der Waals surface area contributed by atoms with Crippen LogP contribution in [0.25, 0.3) is 0 Å². The van der Waals surface area contributed by atoms with Gasteiger partial charge in [-0.2, -0.15) is 0 Å². The van der Waals surface area contributed by atoms with Gasteiger partial charge in [0, 0.05) is 20.1 Å². The van der Waals surface area contributed by atoms with Gasteiger partial charge in [0.15, 0.2) is 6.10 Å². The Kier molecular flexibility index (Phi) is 16.6. The van der Waals surface area contributed by atoms with E-state index in [0.29, 0.717) is 6.79 Å². The van der Waals surface area contributed by atoms with Crippen LogP contribution in [0.5, 0.6) is 0 Å². The summed E-state index contributed by atoms with van der Waals surface area (Å²) in [5.74, 6) is 6.03. The molecule has 31 heavy (non-hydrogen) atoms. The Morgan fingerprint density at radius 1 is 0.968 bits per heavy atom. The fraction of sp³-hybridized carbons (Fsp3) is 0.667. The van der Waals surface area contributed by atoms with Crippen molar-refractivity contribution in [3.8, 4) is 11.8 Å². The summed E-state index contributed by atoms with van der Waals surface area (Å²) in [4.78, 5) is 12.6. The average molecular weight is 431 g/mol. The van der Waals surface area contributed by atoms with Gasteiger partial charge in [0.2, 0.25) is 0 Å². The molecule has 0 unspecified atom stereocenters. The zero-order chi connectivity index (χ0) is 22.6. The minimum Gasteiger partial charge on any atom is -0.449 e. The van der Waals surface area contributed by atoms with Crippen molar-refractivity contribution >= 4 is 5.97 Å². The number of rotatable bonds is 17. The molecule has 1 rings (SSSR count). The van der Waals surface area contributed by atoms with E-state index in [1.54, 1.807) is 7.11 Å². The molecule has 0 radical (unpaired) electrons. The highest BCUT2D eigenvalue weighted by molar-refractivity contribution is 5.78. The smallest absolute Gasteiger partial charge is 0.314 e. The standard InChI is InChI=1S/C27H42O4/c1-4-5-13-20-26(31-27(28)24(2)25-18-14-12-15-19-25)21-16-10-8-6-7-9-11-17-22-30-23-29-3/h12,14-15,18-19,24,26H,4-11,13,17,20,22-23H2,1-3H3/t24-,26-/m1/s1. The molecule has 1 aromatic rings. The highest BCUT2D eigenvalue weighted by atomic mass is 16.7. The summed E-state index contributed by atoms with van der Waals surface area (Å²) in [5.41, 5.74) is 0.984. The topological polar surface area (TPSA) is 44.8 Å². The van der Waals surface area contributed by atoms with Gasteiger partial charge in [-0.15, -0.1) is 0 Å². The van der Waals surface area contributed by atoms with Gasteiger partial charge in [0.05, 0.1) is 5.92 Å². The van der Waals surface area contributed by atoms with Crippen LogP contribution in [-0.2, 0) is 19.0 Å². The highest BCUT2D eigenvalue weighted by Gasteiger charge is 2.20. The van der Waals surface area contributed by atoms with E-state index in [0.717, 1.165) is 57.1 Å². The van der Waals surface area contributed by atoms with Gasteiger partial charge in [-0.3, -0.25) is 4.79 Å². The monoisotopic (exact) mass is 430 g/mol. The van der Waals surface area contributed by atoms with Crippen molar-refractivity contribution in [1.29, 1.82) is 0 Å². The Bertz CT molecular complexity index is 617. The molecular formula is C27H42O4. The van der Waals surface area contributed by atoms with Crippen molar-refractivity contribution in [1.82, 2.24) is 0 Å². The Balaban J connectivity index is 2.31. The van der Waals surface area contributed by atoms with Crippen molar-refractivity contribution in [2.45, 2.75) is 96.5 Å². The molecule has 1 aromatic carbocycles. The third-order valence-corrected chi connectivity index (χ3v) is 5.29. The predicted molar refractivity (Wildman–Crippen MR) is 127 cm³/mol. The van der Waals surface area contributed by atoms with Gasteiger partial charge in [-0.05, 0) is 38.2 Å². The first-order valence-electron chi connectivity index (χ1n) is 12.0. The molecule has 0 spiro atoms. The summed E-state index contributed by atoms with van der Waals surface area (Å²) in [6.07, 6.45) is 11.8. The normalized spacial score (nSPS) is 12.6. The van der Waals surface area contributed by atoms with Crippen LogP contribution in [0, 0.1) is 11.8 Å². The van der Waals surface area contributed by atoms with Gasteiger partial charge in [-0.1, -0.05) is 87.6 Å². The molecule has 174 valence electrons. The first-order valence-corrected chi connectivity index (χ1v) is 12.0. The molecule has 0 fully saturated rings. The lowest BCUT2D eigenvalue weighted by Gasteiger charge is -2.16. The Hall–Kier alpha value is -1.83. The van der Waals surface area contributed by atoms with Crippen LogP contribution in [-0.4, -0.2) is 32.6 Å². The van der Waals surface area contributed by atoms with E-state index in [1.807, 2.05) is 37.3 Å². The fourth-order valence-electron chi connectivity index (χ4n) is 3.31. The molecule has 0 aliphatic rings. The van der Waals surface area contributed by atoms with E-state index in [1.165, 1.54) is 25.7 Å². The number of hydrogen-bond donors (Lipinski definition) is 0. The maximum absolute atomic E-state index is 12.6. The van der Waals surface area contributed by atoms with Crippen LogP contribution in [0.4, 0.5) is 0 Å². The van der Waals surface area contributed by atoms with E-state index in [9.17, 15) is 4.79 Å². The molecule has 2 atom stereocenters. The summed E-state index contributed by atoms with van der Waals surface area (Å²) in [6.45, 7) is 5.24. The van der Waals surface area contributed by atoms with Crippen molar-refractivity contribution < 1.29 is 19.0 Å². The second-order valence-electron chi connectivity index (χ2n) is 8.06. The van der Waals surface area contributed by atoms with Gasteiger partial charge in [-0.25, -0.2) is 0 Å². The van der Waals surface area contributed by atoms with Crippen LogP contribution in [0.3, 0.4) is 0 Å². The van der Waals surface area contributed by atoms with E-state index < -0.39 is 0 Å². The summed E-state index contributed by atoms with van der Waals surface area (Å²) in [6, 6.07) is 9.80. The van der Waals surface area contributed by atoms with Crippen LogP contribution in [0.15, 0.2) is 30.3 Å². The number of hydrogen-bond acceptors (Lipinski definition) is 4. The number of esters is 1. The lowest BCUT2D eigenvalue weighted by molar-refractivity contribution is -0.148. The first-order chi connectivity index (χ1) is 15.2. The number of benzene rings is 1. The molecule has 4 nitrogen and oxygen atoms in total. The zero-order valence-electron chi connectivity index (χ0n) is 19.9. The molecule has 0 saturated heterocycles. The molecule has 0 saturated carbocycles. The quantitative estimate of drug-likeness (QED) is 0.120. The number of methoxy groups -OCH3 is 1. The fourth-order valence-corrected chi connectivity index (χ4v) is 3.31. The van der Waals surface area contributed by atoms with Crippen LogP contribution in [0.1, 0.15) is 96.0 Å². The molecule has 0 bridgehead atoms. The summed E-state index contributed by atoms with van der Waals surface area (Å²) in [5, 5.41) is 0. The zero-order valence-corrected chi connectivity index (χ0v) is 19.9. The molecule has 0 aromatic heterocycles. The lowest BCUT2D eigenvalue weighted by Crippen LogP contribution is -2.21. The van der Waals surface area contributed by atoms with E-state index in [-0.39, 0.29) is 18.0 Å². The first kappa shape index (κ1) is 27.2. The summed E-state index contributed by atoms with van der Waals surface area (Å²) in [7, 11) is 1.64. The van der Waals surface area contributed by atoms with Gasteiger partial charge < -0.3 is 14.2 Å². The van der Waals surface area contributed by atoms with Gasteiger partial charge in [0.25, 0.3) is 0 Å². The molecule has 4 heteroatoms. The average Bonchev–Trinajstić information content (AvgIpc) is 2.79. The number of carbonyl (C=O) groups excluding carboxylic acids is 1. The maximum Gasteiger partial charge on any atom is 0.314 e. The Morgan fingerprint density at radius 2 is 1.68 bits per heavy atom. The Labute approximate surface area is 190 Å². The molecule has 0 heterocycles. The van der Waals surface area contributed by atoms with Crippen molar-refractivity contribution in [3.05, 3.63) is 35.9 Å².